The number of benzene rings is 2. The molecule has 2 aromatic carbocycles. The molecule has 1 heterocycles. The quantitative estimate of drug-likeness (QED) is 0.923. The number of methoxy groups -OCH3 is 1. The van der Waals surface area contributed by atoms with Crippen LogP contribution in [0, 0.1) is 0 Å². The van der Waals surface area contributed by atoms with Crippen LogP contribution in [0.25, 0.3) is 0 Å². The molecule has 2 aromatic rings. The lowest BCUT2D eigenvalue weighted by Gasteiger charge is -2.19. The topological polar surface area (TPSA) is 41.6 Å². The van der Waals surface area contributed by atoms with Gasteiger partial charge in [0.25, 0.3) is 0 Å². The zero-order valence-corrected chi connectivity index (χ0v) is 13.4. The fraction of sp³-hybridized carbons (Fsp3) is 0.316. The lowest BCUT2D eigenvalue weighted by molar-refractivity contribution is -0.121. The fourth-order valence-electron chi connectivity index (χ4n) is 3.05. The van der Waals surface area contributed by atoms with Gasteiger partial charge in [0.15, 0.2) is 0 Å². The van der Waals surface area contributed by atoms with E-state index < -0.39 is 0 Å². The number of nitrogens with one attached hydrogen (secondary N) is 1. The molecule has 0 saturated carbocycles. The molecular weight excluding hydrogens is 288 g/mol. The van der Waals surface area contributed by atoms with E-state index in [-0.39, 0.29) is 11.9 Å². The maximum atomic E-state index is 12.3. The van der Waals surface area contributed by atoms with Gasteiger partial charge in [0.05, 0.1) is 13.5 Å². The highest BCUT2D eigenvalue weighted by Gasteiger charge is 2.24. The molecule has 1 saturated heterocycles. The Labute approximate surface area is 137 Å². The van der Waals surface area contributed by atoms with Crippen molar-refractivity contribution >= 4 is 11.6 Å². The van der Waals surface area contributed by atoms with Gasteiger partial charge in [-0.05, 0) is 24.6 Å². The summed E-state index contributed by atoms with van der Waals surface area (Å²) in [5.74, 6) is 0.814. The molecule has 1 aliphatic rings. The van der Waals surface area contributed by atoms with Crippen LogP contribution in [-0.4, -0.2) is 32.1 Å². The molecule has 23 heavy (non-hydrogen) atoms. The molecule has 1 atom stereocenters. The van der Waals surface area contributed by atoms with E-state index in [2.05, 4.69) is 22.3 Å². The van der Waals surface area contributed by atoms with E-state index >= 15 is 0 Å². The third-order valence-electron chi connectivity index (χ3n) is 4.22. The maximum absolute atomic E-state index is 12.3. The number of nitrogens with zero attached hydrogens (tertiary/aromatic N) is 1. The molecule has 3 rings (SSSR count). The van der Waals surface area contributed by atoms with E-state index in [0.29, 0.717) is 6.42 Å². The normalized spacial score (nSPS) is 17.1. The van der Waals surface area contributed by atoms with E-state index in [9.17, 15) is 4.79 Å². The molecule has 0 aromatic heterocycles. The van der Waals surface area contributed by atoms with Crippen molar-refractivity contribution in [1.29, 1.82) is 0 Å². The second-order valence-electron chi connectivity index (χ2n) is 5.82. The lowest BCUT2D eigenvalue weighted by Crippen LogP contribution is -2.38. The maximum Gasteiger partial charge on any atom is 0.224 e. The largest absolute Gasteiger partial charge is 0.496 e. The third kappa shape index (κ3) is 3.83. The minimum atomic E-state index is 0.0504. The molecule has 4 heteroatoms. The first-order chi connectivity index (χ1) is 11.3. The van der Waals surface area contributed by atoms with Crippen molar-refractivity contribution in [3.8, 4) is 5.75 Å². The average molecular weight is 310 g/mol. The van der Waals surface area contributed by atoms with Crippen molar-refractivity contribution in [2.24, 2.45) is 0 Å². The number of para-hydroxylation sites is 2. The summed E-state index contributed by atoms with van der Waals surface area (Å²) in [4.78, 5) is 14.6. The van der Waals surface area contributed by atoms with E-state index in [1.165, 1.54) is 5.69 Å². The van der Waals surface area contributed by atoms with Crippen molar-refractivity contribution in [1.82, 2.24) is 5.32 Å². The second-order valence-corrected chi connectivity index (χ2v) is 5.82. The summed E-state index contributed by atoms with van der Waals surface area (Å²) in [7, 11) is 1.63. The van der Waals surface area contributed by atoms with Gasteiger partial charge >= 0.3 is 0 Å². The standard InChI is InChI=1S/C19H22N2O2/c1-23-18-10-6-5-7-15(18)13-19(22)20-16-11-12-21(14-16)17-8-3-2-4-9-17/h2-10,16H,11-14H2,1H3,(H,20,22). The number of amides is 1. The number of ether oxygens (including phenoxy) is 1. The van der Waals surface area contributed by atoms with E-state index in [4.69, 9.17) is 4.74 Å². The summed E-state index contributed by atoms with van der Waals surface area (Å²) in [6.07, 6.45) is 1.33. The van der Waals surface area contributed by atoms with Gasteiger partial charge in [-0.1, -0.05) is 36.4 Å². The first kappa shape index (κ1) is 15.4. The molecule has 1 amide bonds. The Hall–Kier alpha value is -2.49. The third-order valence-corrected chi connectivity index (χ3v) is 4.22. The molecule has 1 aliphatic heterocycles. The van der Waals surface area contributed by atoms with Gasteiger partial charge in [0.1, 0.15) is 5.75 Å². The predicted molar refractivity (Wildman–Crippen MR) is 91.9 cm³/mol. The molecule has 1 fully saturated rings. The zero-order chi connectivity index (χ0) is 16.1. The first-order valence-electron chi connectivity index (χ1n) is 7.97. The van der Waals surface area contributed by atoms with Gasteiger partial charge in [-0.25, -0.2) is 0 Å². The van der Waals surface area contributed by atoms with Crippen LogP contribution in [0.3, 0.4) is 0 Å². The van der Waals surface area contributed by atoms with Crippen LogP contribution in [0.5, 0.6) is 5.75 Å². The van der Waals surface area contributed by atoms with Crippen LogP contribution in [0.15, 0.2) is 54.6 Å². The highest BCUT2D eigenvalue weighted by molar-refractivity contribution is 5.79. The van der Waals surface area contributed by atoms with Crippen molar-refractivity contribution < 1.29 is 9.53 Å². The van der Waals surface area contributed by atoms with Crippen LogP contribution in [0.2, 0.25) is 0 Å². The molecule has 1 N–H and O–H groups in total. The van der Waals surface area contributed by atoms with Crippen molar-refractivity contribution in [3.05, 3.63) is 60.2 Å². The number of hydrogen-bond acceptors (Lipinski definition) is 3. The van der Waals surface area contributed by atoms with Gasteiger partial charge in [-0.3, -0.25) is 4.79 Å². The molecule has 1 unspecified atom stereocenters. The smallest absolute Gasteiger partial charge is 0.224 e. The van der Waals surface area contributed by atoms with Crippen molar-refractivity contribution in [2.45, 2.75) is 18.9 Å². The molecular formula is C19H22N2O2. The summed E-state index contributed by atoms with van der Waals surface area (Å²) in [5.41, 5.74) is 2.14. The Morgan fingerprint density at radius 2 is 1.91 bits per heavy atom. The zero-order valence-electron chi connectivity index (χ0n) is 13.4. The van der Waals surface area contributed by atoms with E-state index in [1.54, 1.807) is 7.11 Å². The van der Waals surface area contributed by atoms with Gasteiger partial charge in [-0.2, -0.15) is 0 Å². The van der Waals surface area contributed by atoms with Gasteiger partial charge < -0.3 is 15.0 Å². The Bertz CT molecular complexity index is 657. The second kappa shape index (κ2) is 7.18. The lowest BCUT2D eigenvalue weighted by atomic mass is 10.1. The van der Waals surface area contributed by atoms with Gasteiger partial charge in [-0.15, -0.1) is 0 Å². The first-order valence-corrected chi connectivity index (χ1v) is 7.97. The minimum absolute atomic E-state index is 0.0504. The minimum Gasteiger partial charge on any atom is -0.496 e. The molecule has 120 valence electrons. The number of carbonyl (C=O) groups is 1. The number of carbonyl (C=O) groups excluding carboxylic acids is 1. The summed E-state index contributed by atoms with van der Waals surface area (Å²) in [6.45, 7) is 1.84. The average Bonchev–Trinajstić information content (AvgIpc) is 3.04. The summed E-state index contributed by atoms with van der Waals surface area (Å²) >= 11 is 0. The Kier molecular flexibility index (Phi) is 4.81. The van der Waals surface area contributed by atoms with Crippen LogP contribution in [-0.2, 0) is 11.2 Å². The molecule has 0 radical (unpaired) electrons. The number of anilines is 1. The van der Waals surface area contributed by atoms with Crippen molar-refractivity contribution in [2.75, 3.05) is 25.1 Å². The number of rotatable bonds is 5. The highest BCUT2D eigenvalue weighted by Crippen LogP contribution is 2.21. The van der Waals surface area contributed by atoms with Gasteiger partial charge in [0.2, 0.25) is 5.91 Å². The summed E-state index contributed by atoms with van der Waals surface area (Å²) < 4.78 is 5.30. The Balaban J connectivity index is 1.55. The predicted octanol–water partition coefficient (Wildman–Crippen LogP) is 2.63. The molecule has 0 aliphatic carbocycles. The summed E-state index contributed by atoms with van der Waals surface area (Å²) in [5, 5.41) is 3.14. The van der Waals surface area contributed by atoms with Crippen LogP contribution in [0.1, 0.15) is 12.0 Å². The Morgan fingerprint density at radius 3 is 2.70 bits per heavy atom. The fourth-order valence-corrected chi connectivity index (χ4v) is 3.05. The van der Waals surface area contributed by atoms with E-state index in [1.807, 2.05) is 42.5 Å². The molecule has 0 spiro atoms. The monoisotopic (exact) mass is 310 g/mol. The highest BCUT2D eigenvalue weighted by atomic mass is 16.5. The number of hydrogen-bond donors (Lipinski definition) is 1. The summed E-state index contributed by atoms with van der Waals surface area (Å²) in [6, 6.07) is 18.2. The van der Waals surface area contributed by atoms with Crippen LogP contribution >= 0.6 is 0 Å². The molecule has 0 bridgehead atoms. The van der Waals surface area contributed by atoms with Crippen LogP contribution in [0.4, 0.5) is 5.69 Å². The molecule has 4 nitrogen and oxygen atoms in total. The SMILES string of the molecule is COc1ccccc1CC(=O)NC1CCN(c2ccccc2)C1. The van der Waals surface area contributed by atoms with Crippen LogP contribution < -0.4 is 15.0 Å². The Morgan fingerprint density at radius 1 is 1.17 bits per heavy atom. The van der Waals surface area contributed by atoms with Crippen molar-refractivity contribution in [3.63, 3.8) is 0 Å². The van der Waals surface area contributed by atoms with Gasteiger partial charge in [0, 0.05) is 30.4 Å². The van der Waals surface area contributed by atoms with E-state index in [0.717, 1.165) is 30.8 Å².